The SMILES string of the molecule is Cc1cc(C(=O)CN2C(=O)N[C@@](C)(c3ccc4c(c3)OCCCO4)C2=O)c(C)n1-c1ccccc1. The van der Waals surface area contributed by atoms with Crippen molar-refractivity contribution in [2.75, 3.05) is 19.8 Å². The Morgan fingerprint density at radius 1 is 1.00 bits per heavy atom. The van der Waals surface area contributed by atoms with Crippen molar-refractivity contribution in [3.63, 3.8) is 0 Å². The van der Waals surface area contributed by atoms with Gasteiger partial charge in [0.05, 0.1) is 19.8 Å². The van der Waals surface area contributed by atoms with Gasteiger partial charge >= 0.3 is 6.03 Å². The third-order valence-electron chi connectivity index (χ3n) is 6.65. The standard InChI is InChI=1S/C27H27N3O5/c1-17-14-21(18(2)30(17)20-8-5-4-6-9-20)22(31)16-29-25(32)27(3,28-26(29)33)19-10-11-23-24(15-19)35-13-7-12-34-23/h4-6,8-11,14-15H,7,12-13,16H2,1-3H3,(H,28,33)/t27-/m0/s1. The molecular formula is C27H27N3O5. The van der Waals surface area contributed by atoms with Gasteiger partial charge in [-0.2, -0.15) is 0 Å². The Hall–Kier alpha value is -4.07. The number of nitrogens with zero attached hydrogens (tertiary/aromatic N) is 2. The van der Waals surface area contributed by atoms with E-state index >= 15 is 0 Å². The maximum Gasteiger partial charge on any atom is 0.325 e. The number of nitrogens with one attached hydrogen (secondary N) is 1. The van der Waals surface area contributed by atoms with Crippen molar-refractivity contribution < 1.29 is 23.9 Å². The van der Waals surface area contributed by atoms with Crippen LogP contribution in [0.25, 0.3) is 5.69 Å². The number of amides is 3. The molecule has 0 spiro atoms. The van der Waals surface area contributed by atoms with Crippen LogP contribution in [0.4, 0.5) is 4.79 Å². The van der Waals surface area contributed by atoms with E-state index in [-0.39, 0.29) is 12.3 Å². The molecule has 8 nitrogen and oxygen atoms in total. The van der Waals surface area contributed by atoms with Crippen LogP contribution < -0.4 is 14.8 Å². The highest BCUT2D eigenvalue weighted by molar-refractivity contribution is 6.11. The Labute approximate surface area is 203 Å². The largest absolute Gasteiger partial charge is 0.490 e. The summed E-state index contributed by atoms with van der Waals surface area (Å²) < 4.78 is 13.4. The fourth-order valence-electron chi connectivity index (χ4n) is 4.76. The van der Waals surface area contributed by atoms with Gasteiger partial charge in [0.2, 0.25) is 0 Å². The number of imide groups is 1. The van der Waals surface area contributed by atoms with Crippen LogP contribution in [-0.4, -0.2) is 46.9 Å². The van der Waals surface area contributed by atoms with Crippen LogP contribution >= 0.6 is 0 Å². The maximum absolute atomic E-state index is 13.4. The first-order chi connectivity index (χ1) is 16.8. The molecule has 35 heavy (non-hydrogen) atoms. The fourth-order valence-corrected chi connectivity index (χ4v) is 4.76. The molecule has 0 unspecified atom stereocenters. The third-order valence-corrected chi connectivity index (χ3v) is 6.65. The van der Waals surface area contributed by atoms with Crippen molar-refractivity contribution in [2.24, 2.45) is 0 Å². The summed E-state index contributed by atoms with van der Waals surface area (Å²) in [6.07, 6.45) is 0.762. The van der Waals surface area contributed by atoms with Crippen LogP contribution in [0.1, 0.15) is 40.7 Å². The summed E-state index contributed by atoms with van der Waals surface area (Å²) in [7, 11) is 0. The summed E-state index contributed by atoms with van der Waals surface area (Å²) in [5.41, 5.74) is 2.33. The second-order valence-corrected chi connectivity index (χ2v) is 9.04. The quantitative estimate of drug-likeness (QED) is 0.448. The number of ketones is 1. The number of rotatable bonds is 5. The van der Waals surface area contributed by atoms with Crippen LogP contribution in [-0.2, 0) is 10.3 Å². The molecule has 1 fully saturated rings. The number of aromatic nitrogens is 1. The summed E-state index contributed by atoms with van der Waals surface area (Å²) in [6, 6.07) is 16.1. The van der Waals surface area contributed by atoms with Crippen molar-refractivity contribution >= 4 is 17.7 Å². The molecule has 0 saturated carbocycles. The first-order valence-corrected chi connectivity index (χ1v) is 11.6. The molecule has 180 valence electrons. The van der Waals surface area contributed by atoms with Crippen LogP contribution in [0, 0.1) is 13.8 Å². The van der Waals surface area contributed by atoms with Crippen LogP contribution in [0.15, 0.2) is 54.6 Å². The Bertz CT molecular complexity index is 1330. The first kappa shape index (κ1) is 22.7. The van der Waals surface area contributed by atoms with E-state index < -0.39 is 17.5 Å². The predicted octanol–water partition coefficient (Wildman–Crippen LogP) is 3.91. The summed E-state index contributed by atoms with van der Waals surface area (Å²) in [5.74, 6) is 0.354. The van der Waals surface area contributed by atoms with E-state index in [9.17, 15) is 14.4 Å². The van der Waals surface area contributed by atoms with Crippen LogP contribution in [0.2, 0.25) is 0 Å². The molecule has 0 bridgehead atoms. The number of hydrogen-bond acceptors (Lipinski definition) is 5. The van der Waals surface area contributed by atoms with Gasteiger partial charge in [0.25, 0.3) is 5.91 Å². The molecule has 1 atom stereocenters. The highest BCUT2D eigenvalue weighted by Crippen LogP contribution is 2.36. The lowest BCUT2D eigenvalue weighted by Crippen LogP contribution is -2.41. The maximum atomic E-state index is 13.4. The minimum Gasteiger partial charge on any atom is -0.490 e. The van der Waals surface area contributed by atoms with Gasteiger partial charge in [-0.05, 0) is 56.7 Å². The summed E-state index contributed by atoms with van der Waals surface area (Å²) in [6.45, 7) is 6.14. The van der Waals surface area contributed by atoms with E-state index in [4.69, 9.17) is 9.47 Å². The van der Waals surface area contributed by atoms with Gasteiger partial charge in [-0.1, -0.05) is 24.3 Å². The number of aryl methyl sites for hydroxylation is 1. The lowest BCUT2D eigenvalue weighted by Gasteiger charge is -2.23. The molecule has 3 heterocycles. The number of urea groups is 1. The molecule has 2 aromatic carbocycles. The number of Topliss-reactive ketones (excluding diaryl/α,β-unsaturated/α-hetero) is 1. The van der Waals surface area contributed by atoms with Gasteiger partial charge in [0, 0.05) is 29.1 Å². The summed E-state index contributed by atoms with van der Waals surface area (Å²) >= 11 is 0. The molecule has 1 saturated heterocycles. The number of carbonyl (C=O) groups excluding carboxylic acids is 3. The van der Waals surface area contributed by atoms with E-state index in [1.807, 2.05) is 48.7 Å². The molecule has 0 aliphatic carbocycles. The molecule has 1 aromatic heterocycles. The zero-order valence-corrected chi connectivity index (χ0v) is 20.0. The summed E-state index contributed by atoms with van der Waals surface area (Å²) in [4.78, 5) is 40.5. The van der Waals surface area contributed by atoms with Gasteiger partial charge in [0.15, 0.2) is 17.3 Å². The molecule has 1 N–H and O–H groups in total. The zero-order valence-electron chi connectivity index (χ0n) is 20.0. The van der Waals surface area contributed by atoms with Gasteiger partial charge in [-0.25, -0.2) is 4.79 Å². The normalized spacial score (nSPS) is 19.5. The zero-order chi connectivity index (χ0) is 24.7. The average molecular weight is 474 g/mol. The van der Waals surface area contributed by atoms with Gasteiger partial charge in [-0.15, -0.1) is 0 Å². The molecule has 0 radical (unpaired) electrons. The lowest BCUT2D eigenvalue weighted by molar-refractivity contribution is -0.130. The van der Waals surface area contributed by atoms with E-state index in [1.165, 1.54) is 0 Å². The van der Waals surface area contributed by atoms with Crippen molar-refractivity contribution in [3.8, 4) is 17.2 Å². The highest BCUT2D eigenvalue weighted by Gasteiger charge is 2.50. The predicted molar refractivity (Wildman–Crippen MR) is 129 cm³/mol. The highest BCUT2D eigenvalue weighted by atomic mass is 16.5. The smallest absolute Gasteiger partial charge is 0.325 e. The Morgan fingerprint density at radius 3 is 2.46 bits per heavy atom. The number of carbonyl (C=O) groups is 3. The number of para-hydroxylation sites is 1. The molecule has 2 aliphatic rings. The molecule has 5 rings (SSSR count). The molecule has 3 aromatic rings. The minimum absolute atomic E-state index is 0.299. The van der Waals surface area contributed by atoms with E-state index in [0.717, 1.165) is 28.4 Å². The first-order valence-electron chi connectivity index (χ1n) is 11.6. The van der Waals surface area contributed by atoms with Gasteiger partial charge < -0.3 is 19.4 Å². The van der Waals surface area contributed by atoms with E-state index in [0.29, 0.717) is 35.8 Å². The van der Waals surface area contributed by atoms with Crippen LogP contribution in [0.3, 0.4) is 0 Å². The Kier molecular flexibility index (Phi) is 5.59. The van der Waals surface area contributed by atoms with Crippen LogP contribution in [0.5, 0.6) is 11.5 Å². The fraction of sp³-hybridized carbons (Fsp3) is 0.296. The van der Waals surface area contributed by atoms with E-state index in [1.54, 1.807) is 31.2 Å². The molecular weight excluding hydrogens is 446 g/mol. The van der Waals surface area contributed by atoms with E-state index in [2.05, 4.69) is 5.32 Å². The minimum atomic E-state index is -1.32. The van der Waals surface area contributed by atoms with Gasteiger partial charge in [0.1, 0.15) is 5.54 Å². The monoisotopic (exact) mass is 473 g/mol. The Morgan fingerprint density at radius 2 is 1.71 bits per heavy atom. The average Bonchev–Trinajstić information content (AvgIpc) is 3.13. The summed E-state index contributed by atoms with van der Waals surface area (Å²) in [5, 5.41) is 2.77. The third kappa shape index (κ3) is 3.84. The van der Waals surface area contributed by atoms with Gasteiger partial charge in [-0.3, -0.25) is 14.5 Å². The molecule has 3 amide bonds. The molecule has 2 aliphatic heterocycles. The van der Waals surface area contributed by atoms with Crippen molar-refractivity contribution in [2.45, 2.75) is 32.7 Å². The second kappa shape index (κ2) is 8.61. The Balaban J connectivity index is 1.40. The topological polar surface area (TPSA) is 89.9 Å². The van der Waals surface area contributed by atoms with Crippen molar-refractivity contribution in [1.82, 2.24) is 14.8 Å². The number of benzene rings is 2. The lowest BCUT2D eigenvalue weighted by atomic mass is 9.91. The van der Waals surface area contributed by atoms with Crippen molar-refractivity contribution in [3.05, 3.63) is 77.1 Å². The number of ether oxygens (including phenoxy) is 2. The number of hydrogen-bond donors (Lipinski definition) is 1. The number of fused-ring (bicyclic) bond motifs is 1. The van der Waals surface area contributed by atoms with Crippen molar-refractivity contribution in [1.29, 1.82) is 0 Å². The second-order valence-electron chi connectivity index (χ2n) is 9.04. The molecule has 8 heteroatoms.